The lowest BCUT2D eigenvalue weighted by Crippen LogP contribution is -2.18. The van der Waals surface area contributed by atoms with Crippen LogP contribution in [0.1, 0.15) is 19.3 Å². The summed E-state index contributed by atoms with van der Waals surface area (Å²) in [7, 11) is 0. The van der Waals surface area contributed by atoms with Gasteiger partial charge in [-0.25, -0.2) is 0 Å². The van der Waals surface area contributed by atoms with E-state index in [0.29, 0.717) is 0 Å². The minimum Gasteiger partial charge on any atom is -0.292 e. The maximum absolute atomic E-state index is 4.44. The summed E-state index contributed by atoms with van der Waals surface area (Å²) in [6.07, 6.45) is 5.49. The maximum atomic E-state index is 4.44. The summed E-state index contributed by atoms with van der Waals surface area (Å²) in [6, 6.07) is 0. The van der Waals surface area contributed by atoms with Crippen molar-refractivity contribution in [3.05, 3.63) is 11.3 Å². The van der Waals surface area contributed by atoms with Crippen LogP contribution in [0.5, 0.6) is 0 Å². The molecule has 2 rings (SSSR count). The molecule has 53 valence electrons. The molecular formula is C8H11N2. The number of dihydropyridines is 1. The maximum Gasteiger partial charge on any atom is 0.0444 e. The van der Waals surface area contributed by atoms with E-state index in [0.717, 1.165) is 19.5 Å². The van der Waals surface area contributed by atoms with Crippen LogP contribution in [-0.4, -0.2) is 19.3 Å². The van der Waals surface area contributed by atoms with E-state index >= 15 is 0 Å². The van der Waals surface area contributed by atoms with Gasteiger partial charge in [0.1, 0.15) is 0 Å². The van der Waals surface area contributed by atoms with E-state index in [9.17, 15) is 0 Å². The summed E-state index contributed by atoms with van der Waals surface area (Å²) in [6.45, 7) is 1.98. The zero-order chi connectivity index (χ0) is 6.81. The number of allylic oxidation sites excluding steroid dienone is 1. The lowest BCUT2D eigenvalue weighted by atomic mass is 10.0. The summed E-state index contributed by atoms with van der Waals surface area (Å²) in [4.78, 5) is 4.22. The molecule has 2 heterocycles. The molecule has 0 amide bonds. The highest BCUT2D eigenvalue weighted by Crippen LogP contribution is 2.19. The third kappa shape index (κ3) is 0.939. The molecule has 0 aliphatic carbocycles. The topological polar surface area (TPSA) is 26.5 Å². The van der Waals surface area contributed by atoms with Crippen LogP contribution < -0.4 is 5.32 Å². The second-order valence-electron chi connectivity index (χ2n) is 2.74. The first-order chi connectivity index (χ1) is 4.97. The van der Waals surface area contributed by atoms with E-state index in [2.05, 4.69) is 10.3 Å². The average molecular weight is 135 g/mol. The molecule has 2 aliphatic heterocycles. The number of rotatable bonds is 0. The van der Waals surface area contributed by atoms with Crippen molar-refractivity contribution in [2.45, 2.75) is 19.3 Å². The van der Waals surface area contributed by atoms with Gasteiger partial charge in [-0.15, -0.1) is 0 Å². The van der Waals surface area contributed by atoms with Gasteiger partial charge in [0, 0.05) is 31.4 Å². The molecule has 0 spiro atoms. The average Bonchev–Trinajstić information content (AvgIpc) is 2.05. The van der Waals surface area contributed by atoms with Crippen molar-refractivity contribution in [3.8, 4) is 0 Å². The second kappa shape index (κ2) is 2.45. The Morgan fingerprint density at radius 2 is 2.20 bits per heavy atom. The van der Waals surface area contributed by atoms with Crippen LogP contribution >= 0.6 is 0 Å². The molecule has 10 heavy (non-hydrogen) atoms. The van der Waals surface area contributed by atoms with Crippen LogP contribution in [0.15, 0.2) is 16.3 Å². The van der Waals surface area contributed by atoms with Gasteiger partial charge in [-0.3, -0.25) is 10.3 Å². The van der Waals surface area contributed by atoms with Crippen LogP contribution in [-0.2, 0) is 0 Å². The van der Waals surface area contributed by atoms with E-state index in [1.165, 1.54) is 24.1 Å². The Labute approximate surface area is 61.0 Å². The quantitative estimate of drug-likeness (QED) is 0.476. The molecule has 0 aromatic carbocycles. The largest absolute Gasteiger partial charge is 0.292 e. The Bertz CT molecular complexity index is 191. The monoisotopic (exact) mass is 135 g/mol. The minimum absolute atomic E-state index is 0.947. The number of aliphatic imine (C=N–C) groups is 1. The fourth-order valence-electron chi connectivity index (χ4n) is 1.45. The van der Waals surface area contributed by atoms with Crippen molar-refractivity contribution >= 4 is 6.21 Å². The van der Waals surface area contributed by atoms with Gasteiger partial charge in [0.15, 0.2) is 0 Å². The predicted molar refractivity (Wildman–Crippen MR) is 41.2 cm³/mol. The summed E-state index contributed by atoms with van der Waals surface area (Å²) >= 11 is 0. The van der Waals surface area contributed by atoms with E-state index in [-0.39, 0.29) is 0 Å². The van der Waals surface area contributed by atoms with Gasteiger partial charge in [0.05, 0.1) is 0 Å². The Morgan fingerprint density at radius 1 is 1.20 bits per heavy atom. The molecule has 0 atom stereocenters. The van der Waals surface area contributed by atoms with Crippen LogP contribution in [0.2, 0.25) is 0 Å². The second-order valence-corrected chi connectivity index (χ2v) is 2.74. The van der Waals surface area contributed by atoms with Gasteiger partial charge in [-0.1, -0.05) is 0 Å². The van der Waals surface area contributed by atoms with E-state index in [1.807, 2.05) is 6.21 Å². The third-order valence-electron chi connectivity index (χ3n) is 2.00. The SMILES string of the molecule is C1=NCCC2=C1CCC[N]2. The van der Waals surface area contributed by atoms with E-state index in [1.54, 1.807) is 0 Å². The molecule has 1 radical (unpaired) electrons. The van der Waals surface area contributed by atoms with Crippen molar-refractivity contribution in [3.63, 3.8) is 0 Å². The zero-order valence-electron chi connectivity index (χ0n) is 6.01. The molecule has 2 aliphatic rings. The fourth-order valence-corrected chi connectivity index (χ4v) is 1.45. The summed E-state index contributed by atoms with van der Waals surface area (Å²) < 4.78 is 0. The number of hydrogen-bond acceptors (Lipinski definition) is 1. The van der Waals surface area contributed by atoms with Crippen molar-refractivity contribution in [2.75, 3.05) is 13.1 Å². The van der Waals surface area contributed by atoms with Crippen molar-refractivity contribution in [1.82, 2.24) is 5.32 Å². The molecule has 0 saturated carbocycles. The molecule has 0 N–H and O–H groups in total. The molecule has 0 bridgehead atoms. The van der Waals surface area contributed by atoms with Crippen molar-refractivity contribution in [1.29, 1.82) is 0 Å². The van der Waals surface area contributed by atoms with Gasteiger partial charge in [-0.2, -0.15) is 0 Å². The zero-order valence-corrected chi connectivity index (χ0v) is 6.01. The van der Waals surface area contributed by atoms with Crippen LogP contribution in [0.25, 0.3) is 0 Å². The van der Waals surface area contributed by atoms with Gasteiger partial charge < -0.3 is 0 Å². The minimum atomic E-state index is 0.947. The lowest BCUT2D eigenvalue weighted by molar-refractivity contribution is 0.632. The Hall–Kier alpha value is -0.790. The lowest BCUT2D eigenvalue weighted by Gasteiger charge is -2.19. The molecule has 0 aromatic rings. The number of nitrogens with zero attached hydrogens (tertiary/aromatic N) is 2. The first-order valence-corrected chi connectivity index (χ1v) is 3.86. The van der Waals surface area contributed by atoms with Gasteiger partial charge in [0.25, 0.3) is 0 Å². The molecule has 0 aromatic heterocycles. The normalized spacial score (nSPS) is 24.0. The molecule has 2 heteroatoms. The van der Waals surface area contributed by atoms with E-state index < -0.39 is 0 Å². The highest BCUT2D eigenvalue weighted by atomic mass is 14.9. The Balaban J connectivity index is 2.23. The third-order valence-corrected chi connectivity index (χ3v) is 2.00. The summed E-state index contributed by atoms with van der Waals surface area (Å²) in [5.74, 6) is 0. The van der Waals surface area contributed by atoms with Crippen molar-refractivity contribution < 1.29 is 0 Å². The van der Waals surface area contributed by atoms with Crippen LogP contribution in [0.3, 0.4) is 0 Å². The Kier molecular flexibility index (Phi) is 1.46. The molecule has 0 unspecified atom stereocenters. The van der Waals surface area contributed by atoms with Crippen molar-refractivity contribution in [2.24, 2.45) is 4.99 Å². The molecule has 0 fully saturated rings. The first-order valence-electron chi connectivity index (χ1n) is 3.86. The Morgan fingerprint density at radius 3 is 3.10 bits per heavy atom. The van der Waals surface area contributed by atoms with E-state index in [4.69, 9.17) is 0 Å². The number of hydrogen-bond donors (Lipinski definition) is 0. The smallest absolute Gasteiger partial charge is 0.0444 e. The highest BCUT2D eigenvalue weighted by Gasteiger charge is 2.13. The van der Waals surface area contributed by atoms with Crippen LogP contribution in [0, 0.1) is 0 Å². The standard InChI is InChI=1S/C8H11N2/c1-2-7-6-9-5-3-8(7)10-4-1/h6H,1-5H2. The molecule has 0 saturated heterocycles. The van der Waals surface area contributed by atoms with Gasteiger partial charge >= 0.3 is 0 Å². The predicted octanol–water partition coefficient (Wildman–Crippen LogP) is 1.11. The molecular weight excluding hydrogens is 124 g/mol. The highest BCUT2D eigenvalue weighted by molar-refractivity contribution is 5.80. The summed E-state index contributed by atoms with van der Waals surface area (Å²) in [5, 5.41) is 4.44. The molecule has 2 nitrogen and oxygen atoms in total. The van der Waals surface area contributed by atoms with Gasteiger partial charge in [-0.05, 0) is 18.4 Å². The van der Waals surface area contributed by atoms with Crippen LogP contribution in [0.4, 0.5) is 0 Å². The first kappa shape index (κ1) is 5.96. The fraction of sp³-hybridized carbons (Fsp3) is 0.625. The summed E-state index contributed by atoms with van der Waals surface area (Å²) in [5.41, 5.74) is 2.71. The van der Waals surface area contributed by atoms with Gasteiger partial charge in [0.2, 0.25) is 0 Å².